The van der Waals surface area contributed by atoms with E-state index in [9.17, 15) is 5.11 Å². The van der Waals surface area contributed by atoms with Gasteiger partial charge >= 0.3 is 0 Å². The first-order valence-electron chi connectivity index (χ1n) is 8.42. The second-order valence-corrected chi connectivity index (χ2v) is 6.18. The molecule has 1 saturated heterocycles. The van der Waals surface area contributed by atoms with Crippen molar-refractivity contribution >= 4 is 10.8 Å². The van der Waals surface area contributed by atoms with Gasteiger partial charge in [0.15, 0.2) is 0 Å². The van der Waals surface area contributed by atoms with E-state index in [1.807, 2.05) is 30.3 Å². The van der Waals surface area contributed by atoms with Crippen LogP contribution in [-0.2, 0) is 4.74 Å². The first-order valence-corrected chi connectivity index (χ1v) is 8.42. The van der Waals surface area contributed by atoms with Gasteiger partial charge in [0, 0.05) is 18.7 Å². The Morgan fingerprint density at radius 3 is 2.33 bits per heavy atom. The van der Waals surface area contributed by atoms with Crippen molar-refractivity contribution in [2.45, 2.75) is 6.04 Å². The molecule has 0 spiro atoms. The molecule has 122 valence electrons. The SMILES string of the molecule is Oc1ccc2ccccc2c1[C@@H](c1ccccc1)N1CCOCC1. The number of morpholine rings is 1. The normalized spacial score (nSPS) is 17.0. The molecule has 4 rings (SSSR count). The fourth-order valence-corrected chi connectivity index (χ4v) is 3.60. The highest BCUT2D eigenvalue weighted by Crippen LogP contribution is 2.39. The molecule has 0 aromatic heterocycles. The zero-order valence-corrected chi connectivity index (χ0v) is 13.6. The minimum atomic E-state index is 0.0289. The van der Waals surface area contributed by atoms with Gasteiger partial charge in [-0.2, -0.15) is 0 Å². The van der Waals surface area contributed by atoms with Crippen LogP contribution in [0.15, 0.2) is 66.7 Å². The zero-order chi connectivity index (χ0) is 16.4. The van der Waals surface area contributed by atoms with E-state index in [-0.39, 0.29) is 6.04 Å². The smallest absolute Gasteiger partial charge is 0.121 e. The van der Waals surface area contributed by atoms with Crippen molar-refractivity contribution in [3.05, 3.63) is 77.9 Å². The Kier molecular flexibility index (Phi) is 4.20. The summed E-state index contributed by atoms with van der Waals surface area (Å²) in [5.41, 5.74) is 2.19. The lowest BCUT2D eigenvalue weighted by Crippen LogP contribution is -2.39. The number of benzene rings is 3. The van der Waals surface area contributed by atoms with Gasteiger partial charge in [-0.25, -0.2) is 0 Å². The molecule has 0 saturated carbocycles. The number of aromatic hydroxyl groups is 1. The molecule has 3 nitrogen and oxygen atoms in total. The topological polar surface area (TPSA) is 32.7 Å². The Hall–Kier alpha value is -2.36. The first kappa shape index (κ1) is 15.2. The quantitative estimate of drug-likeness (QED) is 0.793. The van der Waals surface area contributed by atoms with Crippen LogP contribution in [0.2, 0.25) is 0 Å². The predicted octanol–water partition coefficient (Wildman–Crippen LogP) is 3.97. The number of phenolic OH excluding ortho intramolecular Hbond substituents is 1. The van der Waals surface area contributed by atoms with Gasteiger partial charge in [0.1, 0.15) is 5.75 Å². The van der Waals surface area contributed by atoms with Crippen LogP contribution in [0.1, 0.15) is 17.2 Å². The Bertz CT molecular complexity index is 826. The number of ether oxygens (including phenoxy) is 1. The van der Waals surface area contributed by atoms with Crippen LogP contribution >= 0.6 is 0 Å². The van der Waals surface area contributed by atoms with Gasteiger partial charge in [0.2, 0.25) is 0 Å². The van der Waals surface area contributed by atoms with Crippen LogP contribution in [0.4, 0.5) is 0 Å². The van der Waals surface area contributed by atoms with Crippen molar-refractivity contribution in [3.8, 4) is 5.75 Å². The number of fused-ring (bicyclic) bond motifs is 1. The molecule has 1 heterocycles. The fourth-order valence-electron chi connectivity index (χ4n) is 3.60. The molecule has 1 aliphatic heterocycles. The summed E-state index contributed by atoms with van der Waals surface area (Å²) >= 11 is 0. The Morgan fingerprint density at radius 2 is 1.54 bits per heavy atom. The molecule has 3 aromatic rings. The van der Waals surface area contributed by atoms with Crippen LogP contribution in [-0.4, -0.2) is 36.3 Å². The third-order valence-electron chi connectivity index (χ3n) is 4.75. The summed E-state index contributed by atoms with van der Waals surface area (Å²) in [6.45, 7) is 3.19. The van der Waals surface area contributed by atoms with Crippen molar-refractivity contribution in [3.63, 3.8) is 0 Å². The van der Waals surface area contributed by atoms with Crippen molar-refractivity contribution < 1.29 is 9.84 Å². The molecule has 0 radical (unpaired) electrons. The largest absolute Gasteiger partial charge is 0.508 e. The van der Waals surface area contributed by atoms with Crippen LogP contribution < -0.4 is 0 Å². The highest BCUT2D eigenvalue weighted by atomic mass is 16.5. The lowest BCUT2D eigenvalue weighted by Gasteiger charge is -2.36. The van der Waals surface area contributed by atoms with Crippen molar-refractivity contribution in [1.29, 1.82) is 0 Å². The van der Waals surface area contributed by atoms with E-state index in [1.54, 1.807) is 0 Å². The number of hydrogen-bond acceptors (Lipinski definition) is 3. The molecule has 1 N–H and O–H groups in total. The molecule has 0 bridgehead atoms. The average Bonchev–Trinajstić information content (AvgIpc) is 2.66. The number of hydrogen-bond donors (Lipinski definition) is 1. The van der Waals surface area contributed by atoms with Crippen molar-refractivity contribution in [1.82, 2.24) is 4.90 Å². The third kappa shape index (κ3) is 2.77. The molecule has 0 aliphatic carbocycles. The lowest BCUT2D eigenvalue weighted by atomic mass is 9.91. The number of nitrogens with zero attached hydrogens (tertiary/aromatic N) is 1. The molecular formula is C21H21NO2. The van der Waals surface area contributed by atoms with E-state index in [0.717, 1.165) is 42.6 Å². The first-order chi connectivity index (χ1) is 11.8. The van der Waals surface area contributed by atoms with E-state index in [4.69, 9.17) is 4.74 Å². The van der Waals surface area contributed by atoms with E-state index < -0.39 is 0 Å². The molecule has 0 amide bonds. The maximum absolute atomic E-state index is 10.7. The maximum Gasteiger partial charge on any atom is 0.121 e. The Balaban J connectivity index is 1.92. The van der Waals surface area contributed by atoms with E-state index in [0.29, 0.717) is 5.75 Å². The summed E-state index contributed by atoms with van der Waals surface area (Å²) in [7, 11) is 0. The minimum Gasteiger partial charge on any atom is -0.508 e. The zero-order valence-electron chi connectivity index (χ0n) is 13.6. The van der Waals surface area contributed by atoms with E-state index in [1.165, 1.54) is 5.56 Å². The van der Waals surface area contributed by atoms with Gasteiger partial charge in [0.05, 0.1) is 19.3 Å². The summed E-state index contributed by atoms with van der Waals surface area (Å²) in [6, 6.07) is 22.5. The van der Waals surface area contributed by atoms with Crippen LogP contribution in [0, 0.1) is 0 Å². The fraction of sp³-hybridized carbons (Fsp3) is 0.238. The minimum absolute atomic E-state index is 0.0289. The Morgan fingerprint density at radius 1 is 0.833 bits per heavy atom. The second-order valence-electron chi connectivity index (χ2n) is 6.18. The van der Waals surface area contributed by atoms with Gasteiger partial charge in [-0.05, 0) is 22.4 Å². The third-order valence-corrected chi connectivity index (χ3v) is 4.75. The standard InChI is InChI=1S/C21H21NO2/c23-19-11-10-16-6-4-5-9-18(16)20(19)21(17-7-2-1-3-8-17)22-12-14-24-15-13-22/h1-11,21,23H,12-15H2/t21-/m1/s1. The van der Waals surface area contributed by atoms with Gasteiger partial charge in [-0.3, -0.25) is 4.90 Å². The van der Waals surface area contributed by atoms with E-state index in [2.05, 4.69) is 41.3 Å². The maximum atomic E-state index is 10.7. The van der Waals surface area contributed by atoms with E-state index >= 15 is 0 Å². The molecule has 3 aromatic carbocycles. The molecule has 0 unspecified atom stereocenters. The summed E-state index contributed by atoms with van der Waals surface area (Å²) < 4.78 is 5.54. The van der Waals surface area contributed by atoms with Crippen molar-refractivity contribution in [2.75, 3.05) is 26.3 Å². The molecular weight excluding hydrogens is 298 g/mol. The van der Waals surface area contributed by atoms with Crippen LogP contribution in [0.5, 0.6) is 5.75 Å². The van der Waals surface area contributed by atoms with Crippen LogP contribution in [0.3, 0.4) is 0 Å². The summed E-state index contributed by atoms with van der Waals surface area (Å²) in [5.74, 6) is 0.356. The summed E-state index contributed by atoms with van der Waals surface area (Å²) in [4.78, 5) is 2.40. The molecule has 24 heavy (non-hydrogen) atoms. The predicted molar refractivity (Wildman–Crippen MR) is 96.3 cm³/mol. The molecule has 1 atom stereocenters. The van der Waals surface area contributed by atoms with Crippen LogP contribution in [0.25, 0.3) is 10.8 Å². The van der Waals surface area contributed by atoms with Gasteiger partial charge in [0.25, 0.3) is 0 Å². The van der Waals surface area contributed by atoms with Crippen molar-refractivity contribution in [2.24, 2.45) is 0 Å². The summed E-state index contributed by atoms with van der Waals surface area (Å²) in [5, 5.41) is 13.0. The molecule has 3 heteroatoms. The highest BCUT2D eigenvalue weighted by Gasteiger charge is 2.27. The average molecular weight is 319 g/mol. The Labute approximate surface area is 142 Å². The van der Waals surface area contributed by atoms with Gasteiger partial charge in [-0.15, -0.1) is 0 Å². The molecule has 1 aliphatic rings. The van der Waals surface area contributed by atoms with Gasteiger partial charge in [-0.1, -0.05) is 60.7 Å². The second kappa shape index (κ2) is 6.63. The summed E-state index contributed by atoms with van der Waals surface area (Å²) in [6.07, 6.45) is 0. The number of rotatable bonds is 3. The monoisotopic (exact) mass is 319 g/mol. The number of phenols is 1. The molecule has 1 fully saturated rings. The highest BCUT2D eigenvalue weighted by molar-refractivity contribution is 5.88. The lowest BCUT2D eigenvalue weighted by molar-refractivity contribution is 0.0238. The van der Waals surface area contributed by atoms with Gasteiger partial charge < -0.3 is 9.84 Å².